The van der Waals surface area contributed by atoms with E-state index >= 15 is 0 Å². The normalized spacial score (nSPS) is 24.2. The van der Waals surface area contributed by atoms with Crippen LogP contribution >= 0.6 is 0 Å². The van der Waals surface area contributed by atoms with Gasteiger partial charge in [-0.15, -0.1) is 0 Å². The first-order valence-electron chi connectivity index (χ1n) is 5.12. The predicted octanol–water partition coefficient (Wildman–Crippen LogP) is 2.15. The molecular weight excluding hydrogens is 190 g/mol. The standard InChI is InChI=1S/C12H19NO2/c1-8(2)11(14)15-10-6-9(3)13-12(4,5)7-10/h10,13H,1,3,6-7H2,2,4-5H3. The van der Waals surface area contributed by atoms with Crippen molar-refractivity contribution in [2.24, 2.45) is 0 Å². The van der Waals surface area contributed by atoms with Crippen molar-refractivity contribution in [3.63, 3.8) is 0 Å². The van der Waals surface area contributed by atoms with Gasteiger partial charge in [-0.2, -0.15) is 0 Å². The highest BCUT2D eigenvalue weighted by molar-refractivity contribution is 5.87. The van der Waals surface area contributed by atoms with E-state index in [0.29, 0.717) is 12.0 Å². The van der Waals surface area contributed by atoms with E-state index in [4.69, 9.17) is 4.74 Å². The largest absolute Gasteiger partial charge is 0.459 e. The maximum atomic E-state index is 11.4. The number of esters is 1. The molecule has 1 saturated heterocycles. The van der Waals surface area contributed by atoms with E-state index in [1.54, 1.807) is 6.92 Å². The average molecular weight is 209 g/mol. The first-order valence-corrected chi connectivity index (χ1v) is 5.12. The van der Waals surface area contributed by atoms with Gasteiger partial charge in [0.15, 0.2) is 0 Å². The molecule has 1 heterocycles. The Balaban J connectivity index is 2.60. The van der Waals surface area contributed by atoms with Crippen LogP contribution in [0.15, 0.2) is 24.4 Å². The molecule has 1 rings (SSSR count). The van der Waals surface area contributed by atoms with Crippen molar-refractivity contribution in [2.45, 2.75) is 45.3 Å². The third-order valence-electron chi connectivity index (χ3n) is 2.35. The fraction of sp³-hybridized carbons (Fsp3) is 0.583. The molecule has 0 amide bonds. The van der Waals surface area contributed by atoms with Gasteiger partial charge in [-0.3, -0.25) is 0 Å². The molecule has 0 aromatic carbocycles. The Kier molecular flexibility index (Phi) is 3.22. The third-order valence-corrected chi connectivity index (χ3v) is 2.35. The average Bonchev–Trinajstić information content (AvgIpc) is 1.99. The molecule has 1 aliphatic rings. The molecule has 1 fully saturated rings. The van der Waals surface area contributed by atoms with Crippen molar-refractivity contribution in [2.75, 3.05) is 0 Å². The minimum atomic E-state index is -0.314. The smallest absolute Gasteiger partial charge is 0.333 e. The number of nitrogens with one attached hydrogen (secondary N) is 1. The van der Waals surface area contributed by atoms with Crippen LogP contribution in [-0.4, -0.2) is 17.6 Å². The van der Waals surface area contributed by atoms with E-state index in [9.17, 15) is 4.79 Å². The van der Waals surface area contributed by atoms with Crippen molar-refractivity contribution >= 4 is 5.97 Å². The van der Waals surface area contributed by atoms with E-state index in [1.807, 2.05) is 0 Å². The maximum Gasteiger partial charge on any atom is 0.333 e. The Morgan fingerprint density at radius 2 is 2.20 bits per heavy atom. The SMILES string of the molecule is C=C1CC(OC(=O)C(=C)C)CC(C)(C)N1. The van der Waals surface area contributed by atoms with Gasteiger partial charge >= 0.3 is 5.97 Å². The van der Waals surface area contributed by atoms with Gasteiger partial charge in [0, 0.05) is 29.7 Å². The molecule has 1 unspecified atom stereocenters. The number of piperidine rings is 1. The molecule has 0 spiro atoms. The van der Waals surface area contributed by atoms with Crippen LogP contribution in [0.1, 0.15) is 33.6 Å². The fourth-order valence-electron chi connectivity index (χ4n) is 1.83. The monoisotopic (exact) mass is 209 g/mol. The fourth-order valence-corrected chi connectivity index (χ4v) is 1.83. The lowest BCUT2D eigenvalue weighted by Crippen LogP contribution is -2.47. The van der Waals surface area contributed by atoms with Crippen molar-refractivity contribution in [1.29, 1.82) is 0 Å². The van der Waals surface area contributed by atoms with E-state index in [2.05, 4.69) is 32.3 Å². The Morgan fingerprint density at radius 3 is 2.67 bits per heavy atom. The number of ether oxygens (including phenoxy) is 1. The van der Waals surface area contributed by atoms with Crippen LogP contribution in [0, 0.1) is 0 Å². The number of rotatable bonds is 2. The lowest BCUT2D eigenvalue weighted by Gasteiger charge is -2.38. The van der Waals surface area contributed by atoms with Crippen LogP contribution in [0.3, 0.4) is 0 Å². The van der Waals surface area contributed by atoms with Gasteiger partial charge in [0.2, 0.25) is 0 Å². The third kappa shape index (κ3) is 3.42. The maximum absolute atomic E-state index is 11.4. The topological polar surface area (TPSA) is 38.3 Å². The minimum Gasteiger partial charge on any atom is -0.459 e. The molecule has 1 aliphatic heterocycles. The number of carbonyl (C=O) groups excluding carboxylic acids is 1. The van der Waals surface area contributed by atoms with Gasteiger partial charge in [-0.25, -0.2) is 4.79 Å². The van der Waals surface area contributed by atoms with Gasteiger partial charge in [0.1, 0.15) is 6.10 Å². The van der Waals surface area contributed by atoms with Crippen LogP contribution < -0.4 is 5.32 Å². The van der Waals surface area contributed by atoms with Crippen LogP contribution in [-0.2, 0) is 9.53 Å². The van der Waals surface area contributed by atoms with Crippen molar-refractivity contribution in [3.8, 4) is 0 Å². The second-order valence-electron chi connectivity index (χ2n) is 4.83. The minimum absolute atomic E-state index is 0.0602. The van der Waals surface area contributed by atoms with E-state index in [-0.39, 0.29) is 17.6 Å². The highest BCUT2D eigenvalue weighted by Gasteiger charge is 2.31. The number of hydrogen-bond acceptors (Lipinski definition) is 3. The zero-order valence-electron chi connectivity index (χ0n) is 9.72. The Bertz CT molecular complexity index is 305. The second-order valence-corrected chi connectivity index (χ2v) is 4.83. The quantitative estimate of drug-likeness (QED) is 0.559. The molecule has 0 saturated carbocycles. The van der Waals surface area contributed by atoms with E-state index in [0.717, 1.165) is 12.1 Å². The molecule has 1 atom stereocenters. The lowest BCUT2D eigenvalue weighted by atomic mass is 9.89. The summed E-state index contributed by atoms with van der Waals surface area (Å²) < 4.78 is 5.32. The summed E-state index contributed by atoms with van der Waals surface area (Å²) in [6.45, 7) is 13.2. The molecule has 84 valence electrons. The summed E-state index contributed by atoms with van der Waals surface area (Å²) in [4.78, 5) is 11.4. The van der Waals surface area contributed by atoms with Crippen molar-refractivity contribution in [1.82, 2.24) is 5.32 Å². The van der Waals surface area contributed by atoms with Crippen molar-refractivity contribution < 1.29 is 9.53 Å². The zero-order valence-corrected chi connectivity index (χ0v) is 9.72. The molecule has 0 aromatic heterocycles. The molecule has 15 heavy (non-hydrogen) atoms. The van der Waals surface area contributed by atoms with Gasteiger partial charge in [0.25, 0.3) is 0 Å². The molecule has 3 nitrogen and oxygen atoms in total. The summed E-state index contributed by atoms with van der Waals surface area (Å²) >= 11 is 0. The van der Waals surface area contributed by atoms with Gasteiger partial charge in [0.05, 0.1) is 0 Å². The van der Waals surface area contributed by atoms with Crippen LogP contribution in [0.4, 0.5) is 0 Å². The Morgan fingerprint density at radius 1 is 1.60 bits per heavy atom. The van der Waals surface area contributed by atoms with Crippen LogP contribution in [0.5, 0.6) is 0 Å². The Labute approximate surface area is 91.2 Å². The number of carbonyl (C=O) groups is 1. The molecule has 0 bridgehead atoms. The molecular formula is C12H19NO2. The summed E-state index contributed by atoms with van der Waals surface area (Å²) in [5.41, 5.74) is 1.30. The molecule has 0 aromatic rings. The highest BCUT2D eigenvalue weighted by atomic mass is 16.5. The first kappa shape index (κ1) is 11.8. The second kappa shape index (κ2) is 4.09. The summed E-state index contributed by atoms with van der Waals surface area (Å²) in [5.74, 6) is -0.314. The van der Waals surface area contributed by atoms with E-state index in [1.165, 1.54) is 0 Å². The zero-order chi connectivity index (χ0) is 11.6. The van der Waals surface area contributed by atoms with Crippen molar-refractivity contribution in [3.05, 3.63) is 24.4 Å². The Hall–Kier alpha value is -1.25. The predicted molar refractivity (Wildman–Crippen MR) is 60.3 cm³/mol. The summed E-state index contributed by atoms with van der Waals surface area (Å²) in [5, 5.41) is 3.28. The van der Waals surface area contributed by atoms with Gasteiger partial charge in [-0.05, 0) is 20.8 Å². The lowest BCUT2D eigenvalue weighted by molar-refractivity contribution is -0.145. The summed E-state index contributed by atoms with van der Waals surface area (Å²) in [6.07, 6.45) is 1.39. The van der Waals surface area contributed by atoms with Crippen LogP contribution in [0.2, 0.25) is 0 Å². The van der Waals surface area contributed by atoms with E-state index < -0.39 is 0 Å². The van der Waals surface area contributed by atoms with Gasteiger partial charge < -0.3 is 10.1 Å². The number of hydrogen-bond donors (Lipinski definition) is 1. The van der Waals surface area contributed by atoms with Crippen LogP contribution in [0.25, 0.3) is 0 Å². The highest BCUT2D eigenvalue weighted by Crippen LogP contribution is 2.25. The molecule has 0 aliphatic carbocycles. The molecule has 0 radical (unpaired) electrons. The molecule has 3 heteroatoms. The first-order chi connectivity index (χ1) is 6.80. The van der Waals surface area contributed by atoms with Gasteiger partial charge in [-0.1, -0.05) is 13.2 Å². The molecule has 1 N–H and O–H groups in total. The summed E-state index contributed by atoms with van der Waals surface area (Å²) in [7, 11) is 0. The summed E-state index contributed by atoms with van der Waals surface area (Å²) in [6, 6.07) is 0.